The zero-order chi connectivity index (χ0) is 20.3. The molecule has 9 heteroatoms. The first-order valence-corrected chi connectivity index (χ1v) is 10.7. The molecule has 0 spiro atoms. The van der Waals surface area contributed by atoms with Gasteiger partial charge in [0.15, 0.2) is 0 Å². The highest BCUT2D eigenvalue weighted by Gasteiger charge is 2.39. The Balaban J connectivity index is 1.99. The molecule has 7 nitrogen and oxygen atoms in total. The largest absolute Gasteiger partial charge is 0.495 e. The number of fused-ring (bicyclic) bond motifs is 1. The minimum Gasteiger partial charge on any atom is -0.495 e. The lowest BCUT2D eigenvalue weighted by molar-refractivity contribution is -0.131. The highest BCUT2D eigenvalue weighted by molar-refractivity contribution is 8.00. The van der Waals surface area contributed by atoms with Crippen LogP contribution in [0, 0.1) is 6.92 Å². The Morgan fingerprint density at radius 1 is 1.32 bits per heavy atom. The number of nitrogens with zero attached hydrogens (tertiary/aromatic N) is 4. The van der Waals surface area contributed by atoms with Gasteiger partial charge >= 0.3 is 0 Å². The van der Waals surface area contributed by atoms with E-state index in [0.29, 0.717) is 15.9 Å². The molecule has 1 aromatic heterocycles. The van der Waals surface area contributed by atoms with Crippen molar-refractivity contribution in [2.24, 2.45) is 0 Å². The van der Waals surface area contributed by atoms with E-state index in [-0.39, 0.29) is 17.2 Å². The van der Waals surface area contributed by atoms with E-state index in [1.54, 1.807) is 7.11 Å². The Bertz CT molecular complexity index is 838. The number of methoxy groups -OCH3 is 1. The van der Waals surface area contributed by atoms with Crippen LogP contribution in [0.25, 0.3) is 0 Å². The lowest BCUT2D eigenvalue weighted by Crippen LogP contribution is -2.46. The van der Waals surface area contributed by atoms with Crippen LogP contribution in [0.1, 0.15) is 44.1 Å². The number of carbonyl (C=O) groups excluding carboxylic acids is 1. The molecule has 0 saturated carbocycles. The van der Waals surface area contributed by atoms with Crippen LogP contribution in [-0.2, 0) is 4.79 Å². The van der Waals surface area contributed by atoms with Crippen molar-refractivity contribution in [2.45, 2.75) is 50.1 Å². The maximum absolute atomic E-state index is 13.4. The van der Waals surface area contributed by atoms with Crippen LogP contribution in [0.4, 0.5) is 0 Å². The first-order chi connectivity index (χ1) is 13.5. The number of halogens is 1. The van der Waals surface area contributed by atoms with Crippen molar-refractivity contribution in [1.82, 2.24) is 19.8 Å². The standard InChI is InChI=1S/C19H26ClN5O2S/c1-5-9-24(10-6-2)18(26)17-16(13-7-8-15(27-4)14(20)11-13)23-25-12(3)21-22-19(25)28-17/h7-8,11,16-17,23H,5-6,9-10H2,1-4H3/t16-,17+/m1/s1. The molecule has 0 unspecified atom stereocenters. The van der Waals surface area contributed by atoms with Crippen molar-refractivity contribution in [3.63, 3.8) is 0 Å². The van der Waals surface area contributed by atoms with Crippen LogP contribution >= 0.6 is 23.4 Å². The predicted octanol–water partition coefficient (Wildman–Crippen LogP) is 3.66. The van der Waals surface area contributed by atoms with Gasteiger partial charge in [-0.15, -0.1) is 10.2 Å². The maximum Gasteiger partial charge on any atom is 0.238 e. The monoisotopic (exact) mass is 423 g/mol. The molecule has 28 heavy (non-hydrogen) atoms. The number of nitrogens with one attached hydrogen (secondary N) is 1. The number of ether oxygens (including phenoxy) is 1. The van der Waals surface area contributed by atoms with Gasteiger partial charge in [-0.05, 0) is 37.5 Å². The van der Waals surface area contributed by atoms with Crippen molar-refractivity contribution in [1.29, 1.82) is 0 Å². The first kappa shape index (κ1) is 20.8. The smallest absolute Gasteiger partial charge is 0.238 e. The van der Waals surface area contributed by atoms with Gasteiger partial charge in [0.2, 0.25) is 11.1 Å². The summed E-state index contributed by atoms with van der Waals surface area (Å²) >= 11 is 7.81. The van der Waals surface area contributed by atoms with Gasteiger partial charge in [-0.1, -0.05) is 43.3 Å². The van der Waals surface area contributed by atoms with E-state index in [9.17, 15) is 4.79 Å². The molecule has 1 aromatic carbocycles. The lowest BCUT2D eigenvalue weighted by Gasteiger charge is -2.36. The molecule has 2 aromatic rings. The number of hydrogen-bond donors (Lipinski definition) is 1. The fourth-order valence-corrected chi connectivity index (χ4v) is 4.80. The van der Waals surface area contributed by atoms with Crippen molar-refractivity contribution >= 4 is 29.3 Å². The van der Waals surface area contributed by atoms with E-state index < -0.39 is 0 Å². The number of benzene rings is 1. The molecular weight excluding hydrogens is 398 g/mol. The van der Waals surface area contributed by atoms with Crippen molar-refractivity contribution < 1.29 is 9.53 Å². The summed E-state index contributed by atoms with van der Waals surface area (Å²) < 4.78 is 7.10. The molecular formula is C19H26ClN5O2S. The van der Waals surface area contributed by atoms with E-state index in [2.05, 4.69) is 29.5 Å². The molecule has 3 rings (SSSR count). The fourth-order valence-electron chi connectivity index (χ4n) is 3.33. The number of aryl methyl sites for hydroxylation is 1. The summed E-state index contributed by atoms with van der Waals surface area (Å²) in [5, 5.41) is 9.20. The Kier molecular flexibility index (Phi) is 6.72. The molecule has 0 bridgehead atoms. The van der Waals surface area contributed by atoms with Crippen LogP contribution in [0.2, 0.25) is 5.02 Å². The summed E-state index contributed by atoms with van der Waals surface area (Å²) in [5.74, 6) is 1.46. The molecule has 1 aliphatic heterocycles. The Hall–Kier alpha value is -1.93. The summed E-state index contributed by atoms with van der Waals surface area (Å²) in [4.78, 5) is 15.4. The predicted molar refractivity (Wildman–Crippen MR) is 112 cm³/mol. The highest BCUT2D eigenvalue weighted by Crippen LogP contribution is 2.39. The van der Waals surface area contributed by atoms with Crippen LogP contribution < -0.4 is 10.2 Å². The van der Waals surface area contributed by atoms with E-state index in [1.165, 1.54) is 11.8 Å². The van der Waals surface area contributed by atoms with Gasteiger partial charge in [0, 0.05) is 13.1 Å². The number of thioether (sulfide) groups is 1. The summed E-state index contributed by atoms with van der Waals surface area (Å²) in [7, 11) is 1.59. The number of carbonyl (C=O) groups is 1. The third-order valence-electron chi connectivity index (χ3n) is 4.68. The van der Waals surface area contributed by atoms with Crippen molar-refractivity contribution in [2.75, 3.05) is 25.6 Å². The summed E-state index contributed by atoms with van der Waals surface area (Å²) in [6, 6.07) is 5.36. The zero-order valence-electron chi connectivity index (χ0n) is 16.6. The first-order valence-electron chi connectivity index (χ1n) is 9.47. The molecule has 2 heterocycles. The van der Waals surface area contributed by atoms with E-state index in [1.807, 2.05) is 34.7 Å². The number of aromatic nitrogens is 3. The van der Waals surface area contributed by atoms with E-state index in [0.717, 1.165) is 37.3 Å². The fraction of sp³-hybridized carbons (Fsp3) is 0.526. The Morgan fingerprint density at radius 2 is 2.04 bits per heavy atom. The summed E-state index contributed by atoms with van der Waals surface area (Å²) in [5.41, 5.74) is 4.34. The molecule has 0 fully saturated rings. The molecule has 0 saturated heterocycles. The van der Waals surface area contributed by atoms with Gasteiger partial charge in [0.25, 0.3) is 0 Å². The second-order valence-corrected chi connectivity index (χ2v) is 8.25. The number of hydrogen-bond acceptors (Lipinski definition) is 6. The number of amides is 1. The highest BCUT2D eigenvalue weighted by atomic mass is 35.5. The van der Waals surface area contributed by atoms with Gasteiger partial charge in [-0.2, -0.15) is 0 Å². The van der Waals surface area contributed by atoms with Crippen LogP contribution in [0.5, 0.6) is 5.75 Å². The normalized spacial score (nSPS) is 18.3. The zero-order valence-corrected chi connectivity index (χ0v) is 18.2. The lowest BCUT2D eigenvalue weighted by atomic mass is 10.0. The molecule has 0 aliphatic carbocycles. The Labute approximate surface area is 174 Å². The minimum absolute atomic E-state index is 0.102. The molecule has 0 radical (unpaired) electrons. The maximum atomic E-state index is 13.4. The van der Waals surface area contributed by atoms with Crippen molar-refractivity contribution in [3.05, 3.63) is 34.6 Å². The van der Waals surface area contributed by atoms with Gasteiger partial charge in [0.05, 0.1) is 18.2 Å². The van der Waals surface area contributed by atoms with Crippen molar-refractivity contribution in [3.8, 4) is 5.75 Å². The minimum atomic E-state index is -0.362. The third-order valence-corrected chi connectivity index (χ3v) is 6.17. The van der Waals surface area contributed by atoms with Crippen LogP contribution in [0.15, 0.2) is 23.4 Å². The molecule has 1 amide bonds. The van der Waals surface area contributed by atoms with Gasteiger partial charge in [-0.25, -0.2) is 4.68 Å². The van der Waals surface area contributed by atoms with Gasteiger partial charge < -0.3 is 15.1 Å². The molecule has 1 aliphatic rings. The SMILES string of the molecule is CCCN(CCC)C(=O)[C@H]1Sc2nnc(C)n2N[C@@H]1c1ccc(OC)c(Cl)c1. The van der Waals surface area contributed by atoms with E-state index >= 15 is 0 Å². The average Bonchev–Trinajstić information content (AvgIpc) is 3.06. The average molecular weight is 424 g/mol. The Morgan fingerprint density at radius 3 is 2.64 bits per heavy atom. The molecule has 2 atom stereocenters. The van der Waals surface area contributed by atoms with Gasteiger partial charge in [-0.3, -0.25) is 4.79 Å². The summed E-state index contributed by atoms with van der Waals surface area (Å²) in [6.45, 7) is 7.54. The van der Waals surface area contributed by atoms with Crippen LogP contribution in [-0.4, -0.2) is 51.1 Å². The van der Waals surface area contributed by atoms with Gasteiger partial charge in [0.1, 0.15) is 16.8 Å². The quantitative estimate of drug-likeness (QED) is 0.732. The topological polar surface area (TPSA) is 72.3 Å². The molecule has 152 valence electrons. The van der Waals surface area contributed by atoms with Crippen LogP contribution in [0.3, 0.4) is 0 Å². The number of rotatable bonds is 7. The molecule has 1 N–H and O–H groups in total. The van der Waals surface area contributed by atoms with E-state index in [4.69, 9.17) is 16.3 Å². The second-order valence-electron chi connectivity index (χ2n) is 6.73. The third kappa shape index (κ3) is 4.07. The summed E-state index contributed by atoms with van der Waals surface area (Å²) in [6.07, 6.45) is 1.84. The second kappa shape index (κ2) is 9.05.